The summed E-state index contributed by atoms with van der Waals surface area (Å²) in [6.07, 6.45) is 3.06. The third-order valence-electron chi connectivity index (χ3n) is 3.51. The summed E-state index contributed by atoms with van der Waals surface area (Å²) in [7, 11) is -3.02. The fourth-order valence-electron chi connectivity index (χ4n) is 2.33. The van der Waals surface area contributed by atoms with E-state index in [1.54, 1.807) is 4.31 Å². The molecule has 1 heterocycles. The van der Waals surface area contributed by atoms with E-state index in [1.807, 2.05) is 30.3 Å². The monoisotopic (exact) mass is 283 g/mol. The van der Waals surface area contributed by atoms with Crippen molar-refractivity contribution in [1.82, 2.24) is 4.31 Å². The molecule has 1 aromatic rings. The van der Waals surface area contributed by atoms with Crippen molar-refractivity contribution in [2.24, 2.45) is 5.92 Å². The lowest BCUT2D eigenvalue weighted by Gasteiger charge is -2.29. The van der Waals surface area contributed by atoms with Crippen LogP contribution < -0.4 is 0 Å². The van der Waals surface area contributed by atoms with Crippen molar-refractivity contribution >= 4 is 10.0 Å². The Bertz CT molecular complexity index is 479. The molecule has 1 aliphatic rings. The highest BCUT2D eigenvalue weighted by Gasteiger charge is 2.24. The smallest absolute Gasteiger partial charge is 0.211 e. The van der Waals surface area contributed by atoms with Gasteiger partial charge in [0.15, 0.2) is 0 Å². The predicted octanol–water partition coefficient (Wildman–Crippen LogP) is 1.87. The predicted molar refractivity (Wildman–Crippen MR) is 75.2 cm³/mol. The molecule has 1 fully saturated rings. The average molecular weight is 283 g/mol. The van der Waals surface area contributed by atoms with Gasteiger partial charge in [-0.2, -0.15) is 0 Å². The van der Waals surface area contributed by atoms with Gasteiger partial charge in [0.2, 0.25) is 10.0 Å². The summed E-state index contributed by atoms with van der Waals surface area (Å²) < 4.78 is 30.0. The van der Waals surface area contributed by atoms with Gasteiger partial charge in [-0.3, -0.25) is 0 Å². The highest BCUT2D eigenvalue weighted by molar-refractivity contribution is 7.88. The quantitative estimate of drug-likeness (QED) is 0.829. The first-order chi connectivity index (χ1) is 9.05. The Balaban J connectivity index is 1.69. The molecular formula is C14H21NO3S. The lowest BCUT2D eigenvalue weighted by molar-refractivity contribution is 0.0688. The van der Waals surface area contributed by atoms with E-state index in [2.05, 4.69) is 0 Å². The molecule has 0 radical (unpaired) electrons. The molecule has 0 bridgehead atoms. The Labute approximate surface area is 115 Å². The largest absolute Gasteiger partial charge is 0.376 e. The van der Waals surface area contributed by atoms with Crippen molar-refractivity contribution < 1.29 is 13.2 Å². The van der Waals surface area contributed by atoms with Crippen molar-refractivity contribution in [2.45, 2.75) is 19.4 Å². The normalized spacial score (nSPS) is 18.6. The van der Waals surface area contributed by atoms with Gasteiger partial charge in [0, 0.05) is 19.7 Å². The van der Waals surface area contributed by atoms with Crippen LogP contribution in [0.4, 0.5) is 0 Å². The summed E-state index contributed by atoms with van der Waals surface area (Å²) in [5.41, 5.74) is 1.18. The molecule has 1 aliphatic heterocycles. The number of hydrogen-bond donors (Lipinski definition) is 0. The summed E-state index contributed by atoms with van der Waals surface area (Å²) in [5, 5.41) is 0. The molecular weight excluding hydrogens is 262 g/mol. The van der Waals surface area contributed by atoms with Gasteiger partial charge in [-0.15, -0.1) is 0 Å². The highest BCUT2D eigenvalue weighted by Crippen LogP contribution is 2.19. The second-order valence-electron chi connectivity index (χ2n) is 5.11. The van der Waals surface area contributed by atoms with Gasteiger partial charge in [0.1, 0.15) is 0 Å². The molecule has 4 nitrogen and oxygen atoms in total. The molecule has 0 amide bonds. The molecule has 1 aromatic carbocycles. The number of benzene rings is 1. The Hall–Kier alpha value is -0.910. The SMILES string of the molecule is CS(=O)(=O)N1CCC(COCc2ccccc2)CC1. The van der Waals surface area contributed by atoms with Gasteiger partial charge in [-0.1, -0.05) is 30.3 Å². The Morgan fingerprint density at radius 1 is 1.21 bits per heavy atom. The molecule has 106 valence electrons. The van der Waals surface area contributed by atoms with Crippen molar-refractivity contribution in [1.29, 1.82) is 0 Å². The van der Waals surface area contributed by atoms with Crippen LogP contribution in [-0.4, -0.2) is 38.7 Å². The molecule has 0 saturated carbocycles. The van der Waals surface area contributed by atoms with Crippen molar-refractivity contribution in [3.63, 3.8) is 0 Å². The zero-order valence-electron chi connectivity index (χ0n) is 11.3. The molecule has 1 saturated heterocycles. The van der Waals surface area contributed by atoms with Gasteiger partial charge in [0.25, 0.3) is 0 Å². The van der Waals surface area contributed by atoms with Gasteiger partial charge in [-0.25, -0.2) is 12.7 Å². The molecule has 0 aliphatic carbocycles. The number of hydrogen-bond acceptors (Lipinski definition) is 3. The number of piperidine rings is 1. The van der Waals surface area contributed by atoms with E-state index >= 15 is 0 Å². The van der Waals surface area contributed by atoms with Crippen LogP contribution in [0.3, 0.4) is 0 Å². The zero-order valence-corrected chi connectivity index (χ0v) is 12.1. The minimum atomic E-state index is -3.02. The van der Waals surface area contributed by atoms with E-state index in [1.165, 1.54) is 11.8 Å². The molecule has 5 heteroatoms. The molecule has 0 spiro atoms. The Morgan fingerprint density at radius 3 is 2.42 bits per heavy atom. The summed E-state index contributed by atoms with van der Waals surface area (Å²) in [6, 6.07) is 10.1. The van der Waals surface area contributed by atoms with Crippen LogP contribution in [0, 0.1) is 5.92 Å². The minimum Gasteiger partial charge on any atom is -0.376 e. The van der Waals surface area contributed by atoms with E-state index in [0.717, 1.165) is 12.8 Å². The zero-order chi connectivity index (χ0) is 13.7. The minimum absolute atomic E-state index is 0.474. The van der Waals surface area contributed by atoms with Crippen LogP contribution in [0.25, 0.3) is 0 Å². The maximum atomic E-state index is 11.4. The van der Waals surface area contributed by atoms with Crippen LogP contribution in [-0.2, 0) is 21.4 Å². The van der Waals surface area contributed by atoms with Gasteiger partial charge in [0.05, 0.1) is 12.9 Å². The number of nitrogens with zero attached hydrogens (tertiary/aromatic N) is 1. The summed E-state index contributed by atoms with van der Waals surface area (Å²) in [5.74, 6) is 0.474. The van der Waals surface area contributed by atoms with Gasteiger partial charge in [-0.05, 0) is 24.3 Å². The van der Waals surface area contributed by atoms with Crippen molar-refractivity contribution in [3.05, 3.63) is 35.9 Å². The molecule has 0 atom stereocenters. The first kappa shape index (κ1) is 14.5. The van der Waals surface area contributed by atoms with E-state index in [4.69, 9.17) is 4.74 Å². The molecule has 0 aromatic heterocycles. The van der Waals surface area contributed by atoms with Crippen molar-refractivity contribution in [3.8, 4) is 0 Å². The maximum Gasteiger partial charge on any atom is 0.211 e. The third kappa shape index (κ3) is 4.60. The molecule has 2 rings (SSSR count). The van der Waals surface area contributed by atoms with Gasteiger partial charge >= 0.3 is 0 Å². The molecule has 0 unspecified atom stereocenters. The van der Waals surface area contributed by atoms with Gasteiger partial charge < -0.3 is 4.74 Å². The van der Waals surface area contributed by atoms with E-state index in [-0.39, 0.29) is 0 Å². The molecule has 19 heavy (non-hydrogen) atoms. The lowest BCUT2D eigenvalue weighted by Crippen LogP contribution is -2.38. The first-order valence-electron chi connectivity index (χ1n) is 6.62. The maximum absolute atomic E-state index is 11.4. The van der Waals surface area contributed by atoms with Crippen LogP contribution in [0.1, 0.15) is 18.4 Å². The summed E-state index contributed by atoms with van der Waals surface area (Å²) in [6.45, 7) is 2.59. The topological polar surface area (TPSA) is 46.6 Å². The van der Waals surface area contributed by atoms with E-state index in [9.17, 15) is 8.42 Å². The van der Waals surface area contributed by atoms with Crippen LogP contribution in [0.5, 0.6) is 0 Å². The Kier molecular flexibility index (Phi) is 4.96. The van der Waals surface area contributed by atoms with Crippen LogP contribution in [0.15, 0.2) is 30.3 Å². The Morgan fingerprint density at radius 2 is 1.84 bits per heavy atom. The number of rotatable bonds is 5. The average Bonchev–Trinajstić information content (AvgIpc) is 2.39. The van der Waals surface area contributed by atoms with Crippen LogP contribution >= 0.6 is 0 Å². The standard InChI is InChI=1S/C14H21NO3S/c1-19(16,17)15-9-7-14(8-10-15)12-18-11-13-5-3-2-4-6-13/h2-6,14H,7-12H2,1H3. The van der Waals surface area contributed by atoms with E-state index in [0.29, 0.717) is 32.2 Å². The number of sulfonamides is 1. The summed E-state index contributed by atoms with van der Waals surface area (Å²) >= 11 is 0. The second-order valence-corrected chi connectivity index (χ2v) is 7.09. The first-order valence-corrected chi connectivity index (χ1v) is 8.47. The fourth-order valence-corrected chi connectivity index (χ4v) is 3.20. The molecule has 0 N–H and O–H groups in total. The summed E-state index contributed by atoms with van der Waals surface area (Å²) in [4.78, 5) is 0. The highest BCUT2D eigenvalue weighted by atomic mass is 32.2. The van der Waals surface area contributed by atoms with E-state index < -0.39 is 10.0 Å². The second kappa shape index (κ2) is 6.50. The van der Waals surface area contributed by atoms with Crippen LogP contribution in [0.2, 0.25) is 0 Å². The van der Waals surface area contributed by atoms with Crippen molar-refractivity contribution in [2.75, 3.05) is 26.0 Å². The fraction of sp³-hybridized carbons (Fsp3) is 0.571. The lowest BCUT2D eigenvalue weighted by atomic mass is 9.99. The third-order valence-corrected chi connectivity index (χ3v) is 4.81. The number of ether oxygens (including phenoxy) is 1.